The third-order valence-corrected chi connectivity index (χ3v) is 4.39. The van der Waals surface area contributed by atoms with E-state index < -0.39 is 0 Å². The number of ether oxygens (including phenoxy) is 1. The van der Waals surface area contributed by atoms with Gasteiger partial charge < -0.3 is 15.0 Å². The van der Waals surface area contributed by atoms with Crippen LogP contribution in [0.4, 0.5) is 0 Å². The molecule has 0 fully saturated rings. The number of aryl methyl sites for hydroxylation is 2. The maximum atomic E-state index is 12.2. The molecule has 0 saturated heterocycles. The highest BCUT2D eigenvalue weighted by atomic mass is 16.5. The monoisotopic (exact) mass is 358 g/mol. The molecular formula is C20H30N4O2. The number of carbonyl (C=O) groups excluding carboxylic acids is 1. The van der Waals surface area contributed by atoms with Crippen LogP contribution in [0.3, 0.4) is 0 Å². The fraction of sp³-hybridized carbons (Fsp3) is 0.500. The summed E-state index contributed by atoms with van der Waals surface area (Å²) in [5.41, 5.74) is 2.70. The molecule has 0 radical (unpaired) electrons. The number of nitrogens with one attached hydrogen (secondary N) is 1. The third kappa shape index (κ3) is 5.88. The Morgan fingerprint density at radius 1 is 1.23 bits per heavy atom. The molecule has 0 unspecified atom stereocenters. The predicted molar refractivity (Wildman–Crippen MR) is 104 cm³/mol. The van der Waals surface area contributed by atoms with Gasteiger partial charge in [0, 0.05) is 12.7 Å². The van der Waals surface area contributed by atoms with Gasteiger partial charge in [-0.05, 0) is 57.6 Å². The zero-order valence-electron chi connectivity index (χ0n) is 16.3. The van der Waals surface area contributed by atoms with Crippen molar-refractivity contribution in [2.24, 2.45) is 0 Å². The molecule has 0 saturated carbocycles. The molecule has 1 N–H and O–H groups in total. The van der Waals surface area contributed by atoms with Crippen molar-refractivity contribution in [3.63, 3.8) is 0 Å². The second-order valence-electron chi connectivity index (χ2n) is 6.42. The quantitative estimate of drug-likeness (QED) is 0.663. The first kappa shape index (κ1) is 20.0. The summed E-state index contributed by atoms with van der Waals surface area (Å²) in [7, 11) is 0. The molecule has 2 rings (SSSR count). The SMILES string of the molecule is CCN(CC)CCCNC(=O)c1ccn(COc2ccc(C)cc2C)n1. The fourth-order valence-electron chi connectivity index (χ4n) is 2.79. The highest BCUT2D eigenvalue weighted by Gasteiger charge is 2.09. The van der Waals surface area contributed by atoms with Gasteiger partial charge in [-0.1, -0.05) is 31.5 Å². The number of amides is 1. The summed E-state index contributed by atoms with van der Waals surface area (Å²) in [5, 5.41) is 7.21. The molecule has 0 aliphatic carbocycles. The second-order valence-corrected chi connectivity index (χ2v) is 6.42. The maximum Gasteiger partial charge on any atom is 0.271 e. The molecule has 2 aromatic rings. The van der Waals surface area contributed by atoms with Crippen molar-refractivity contribution in [2.75, 3.05) is 26.2 Å². The first-order valence-electron chi connectivity index (χ1n) is 9.27. The summed E-state index contributed by atoms with van der Waals surface area (Å²) in [6.45, 7) is 12.4. The van der Waals surface area contributed by atoms with E-state index in [1.807, 2.05) is 19.1 Å². The molecule has 1 amide bonds. The van der Waals surface area contributed by atoms with Gasteiger partial charge in [0.05, 0.1) is 0 Å². The lowest BCUT2D eigenvalue weighted by molar-refractivity contribution is 0.0944. The van der Waals surface area contributed by atoms with Gasteiger partial charge in [0.1, 0.15) is 11.4 Å². The average molecular weight is 358 g/mol. The molecule has 1 aromatic heterocycles. The van der Waals surface area contributed by atoms with Crippen molar-refractivity contribution in [3.8, 4) is 5.75 Å². The summed E-state index contributed by atoms with van der Waals surface area (Å²) in [6.07, 6.45) is 2.69. The van der Waals surface area contributed by atoms with Crippen LogP contribution < -0.4 is 10.1 Å². The van der Waals surface area contributed by atoms with Gasteiger partial charge in [-0.3, -0.25) is 4.79 Å². The molecule has 6 nitrogen and oxygen atoms in total. The minimum Gasteiger partial charge on any atom is -0.471 e. The van der Waals surface area contributed by atoms with Crippen LogP contribution in [0, 0.1) is 13.8 Å². The lowest BCUT2D eigenvalue weighted by Gasteiger charge is -2.17. The first-order valence-corrected chi connectivity index (χ1v) is 9.27. The Morgan fingerprint density at radius 2 is 2.00 bits per heavy atom. The predicted octanol–water partition coefficient (Wildman–Crippen LogP) is 3.00. The number of hydrogen-bond donors (Lipinski definition) is 1. The normalized spacial score (nSPS) is 11.0. The Bertz CT molecular complexity index is 708. The molecular weight excluding hydrogens is 328 g/mol. The van der Waals surface area contributed by atoms with E-state index in [0.29, 0.717) is 12.2 Å². The van der Waals surface area contributed by atoms with E-state index in [4.69, 9.17) is 4.74 Å². The van der Waals surface area contributed by atoms with Gasteiger partial charge in [0.15, 0.2) is 6.73 Å². The summed E-state index contributed by atoms with van der Waals surface area (Å²) in [5.74, 6) is 0.684. The van der Waals surface area contributed by atoms with E-state index in [0.717, 1.165) is 37.4 Å². The van der Waals surface area contributed by atoms with Crippen LogP contribution in [0.15, 0.2) is 30.5 Å². The van der Waals surface area contributed by atoms with Crippen LogP contribution in [-0.4, -0.2) is 46.8 Å². The van der Waals surface area contributed by atoms with Crippen molar-refractivity contribution in [1.82, 2.24) is 20.0 Å². The van der Waals surface area contributed by atoms with Crippen LogP contribution >= 0.6 is 0 Å². The molecule has 0 aliphatic rings. The fourth-order valence-corrected chi connectivity index (χ4v) is 2.79. The molecule has 0 aliphatic heterocycles. The Kier molecular flexibility index (Phi) is 7.66. The molecule has 1 aromatic carbocycles. The number of hydrogen-bond acceptors (Lipinski definition) is 4. The summed E-state index contributed by atoms with van der Waals surface area (Å²) in [6, 6.07) is 7.76. The molecule has 0 atom stereocenters. The molecule has 1 heterocycles. The molecule has 142 valence electrons. The zero-order chi connectivity index (χ0) is 18.9. The van der Waals surface area contributed by atoms with Crippen LogP contribution in [0.1, 0.15) is 41.9 Å². The van der Waals surface area contributed by atoms with E-state index in [9.17, 15) is 4.79 Å². The van der Waals surface area contributed by atoms with Gasteiger partial charge in [-0.2, -0.15) is 5.10 Å². The number of benzene rings is 1. The number of nitrogens with zero attached hydrogens (tertiary/aromatic N) is 3. The topological polar surface area (TPSA) is 59.4 Å². The van der Waals surface area contributed by atoms with E-state index in [2.05, 4.69) is 42.2 Å². The van der Waals surface area contributed by atoms with Crippen molar-refractivity contribution in [3.05, 3.63) is 47.3 Å². The second kappa shape index (κ2) is 9.97. The lowest BCUT2D eigenvalue weighted by Crippen LogP contribution is -2.30. The van der Waals surface area contributed by atoms with Crippen LogP contribution in [0.5, 0.6) is 5.75 Å². The molecule has 6 heteroatoms. The first-order chi connectivity index (χ1) is 12.5. The standard InChI is InChI=1S/C20H30N4O2/c1-5-23(6-2)12-7-11-21-20(25)18-10-13-24(22-18)15-26-19-9-8-16(3)14-17(19)4/h8-10,13-14H,5-7,11-12,15H2,1-4H3,(H,21,25). The summed E-state index contributed by atoms with van der Waals surface area (Å²) >= 11 is 0. The molecule has 0 bridgehead atoms. The van der Waals surface area contributed by atoms with Crippen LogP contribution in [0.2, 0.25) is 0 Å². The highest BCUT2D eigenvalue weighted by Crippen LogP contribution is 2.19. The Hall–Kier alpha value is -2.34. The number of aromatic nitrogens is 2. The average Bonchev–Trinajstić information content (AvgIpc) is 3.10. The van der Waals surface area contributed by atoms with E-state index in [-0.39, 0.29) is 12.6 Å². The lowest BCUT2D eigenvalue weighted by atomic mass is 10.1. The highest BCUT2D eigenvalue weighted by molar-refractivity contribution is 5.92. The van der Waals surface area contributed by atoms with Gasteiger partial charge in [0.25, 0.3) is 5.91 Å². The largest absolute Gasteiger partial charge is 0.471 e. The van der Waals surface area contributed by atoms with Gasteiger partial charge in [-0.25, -0.2) is 4.68 Å². The Labute approximate surface area is 156 Å². The number of rotatable bonds is 10. The van der Waals surface area contributed by atoms with Crippen molar-refractivity contribution in [1.29, 1.82) is 0 Å². The van der Waals surface area contributed by atoms with Crippen LogP contribution in [-0.2, 0) is 6.73 Å². The van der Waals surface area contributed by atoms with Gasteiger partial charge in [-0.15, -0.1) is 0 Å². The minimum absolute atomic E-state index is 0.144. The molecule has 26 heavy (non-hydrogen) atoms. The van der Waals surface area contributed by atoms with Crippen molar-refractivity contribution >= 4 is 5.91 Å². The van der Waals surface area contributed by atoms with E-state index >= 15 is 0 Å². The summed E-state index contributed by atoms with van der Waals surface area (Å²) in [4.78, 5) is 14.5. The Morgan fingerprint density at radius 3 is 2.69 bits per heavy atom. The number of carbonyl (C=O) groups is 1. The smallest absolute Gasteiger partial charge is 0.271 e. The van der Waals surface area contributed by atoms with Gasteiger partial charge in [0.2, 0.25) is 0 Å². The Balaban J connectivity index is 1.78. The maximum absolute atomic E-state index is 12.2. The van der Waals surface area contributed by atoms with Crippen molar-refractivity contribution in [2.45, 2.75) is 40.8 Å². The van der Waals surface area contributed by atoms with Gasteiger partial charge >= 0.3 is 0 Å². The molecule has 0 spiro atoms. The zero-order valence-corrected chi connectivity index (χ0v) is 16.3. The summed E-state index contributed by atoms with van der Waals surface area (Å²) < 4.78 is 7.41. The van der Waals surface area contributed by atoms with E-state index in [1.54, 1.807) is 16.9 Å². The van der Waals surface area contributed by atoms with Crippen molar-refractivity contribution < 1.29 is 9.53 Å². The van der Waals surface area contributed by atoms with Crippen LogP contribution in [0.25, 0.3) is 0 Å². The third-order valence-electron chi connectivity index (χ3n) is 4.39. The minimum atomic E-state index is -0.144. The van der Waals surface area contributed by atoms with E-state index in [1.165, 1.54) is 5.56 Å².